The van der Waals surface area contributed by atoms with Crippen molar-refractivity contribution in [2.45, 2.75) is 25.7 Å². The Morgan fingerprint density at radius 1 is 0.966 bits per heavy atom. The third-order valence-electron chi connectivity index (χ3n) is 5.79. The van der Waals surface area contributed by atoms with Crippen LogP contribution in [0.1, 0.15) is 25.7 Å². The molecule has 2 aliphatic rings. The second-order valence-electron chi connectivity index (χ2n) is 8.22. The minimum Gasteiger partial charge on any atom is -0.356 e. The standard InChI is InChI=1S/C24H29N3O2/c28-23(26-22-11-5-4-10-21(22)19-7-2-1-3-8-19)17-27-14-6-9-20(16-27)24(29)25-15-18-12-13-18/h1-5,7-8,10-11,18,20H,6,9,12-17H2,(H,25,29)(H,26,28). The van der Waals surface area contributed by atoms with E-state index in [0.717, 1.165) is 42.7 Å². The quantitative estimate of drug-likeness (QED) is 0.759. The second-order valence-corrected chi connectivity index (χ2v) is 8.22. The highest BCUT2D eigenvalue weighted by Crippen LogP contribution is 2.28. The van der Waals surface area contributed by atoms with Gasteiger partial charge < -0.3 is 10.6 Å². The molecule has 1 aliphatic carbocycles. The van der Waals surface area contributed by atoms with Gasteiger partial charge in [-0.05, 0) is 49.8 Å². The third-order valence-corrected chi connectivity index (χ3v) is 5.79. The van der Waals surface area contributed by atoms with Gasteiger partial charge in [0.2, 0.25) is 11.8 Å². The van der Waals surface area contributed by atoms with Crippen molar-refractivity contribution in [2.24, 2.45) is 11.8 Å². The number of para-hydroxylation sites is 1. The topological polar surface area (TPSA) is 61.4 Å². The molecule has 1 saturated heterocycles. The van der Waals surface area contributed by atoms with E-state index in [1.807, 2.05) is 54.6 Å². The summed E-state index contributed by atoms with van der Waals surface area (Å²) < 4.78 is 0. The summed E-state index contributed by atoms with van der Waals surface area (Å²) in [5.41, 5.74) is 2.91. The predicted molar refractivity (Wildman–Crippen MR) is 115 cm³/mol. The lowest BCUT2D eigenvalue weighted by atomic mass is 9.97. The molecule has 2 N–H and O–H groups in total. The number of carbonyl (C=O) groups is 2. The van der Waals surface area contributed by atoms with E-state index in [9.17, 15) is 9.59 Å². The molecular weight excluding hydrogens is 362 g/mol. The van der Waals surface area contributed by atoms with Gasteiger partial charge in [-0.3, -0.25) is 14.5 Å². The number of hydrogen-bond donors (Lipinski definition) is 2. The molecule has 1 aliphatic heterocycles. The number of nitrogens with zero attached hydrogens (tertiary/aromatic N) is 1. The monoisotopic (exact) mass is 391 g/mol. The molecule has 1 unspecified atom stereocenters. The highest BCUT2D eigenvalue weighted by Gasteiger charge is 2.28. The summed E-state index contributed by atoms with van der Waals surface area (Å²) >= 11 is 0. The van der Waals surface area contributed by atoms with Crippen LogP contribution in [0.15, 0.2) is 54.6 Å². The predicted octanol–water partition coefficient (Wildman–Crippen LogP) is 3.53. The molecule has 2 aromatic rings. The van der Waals surface area contributed by atoms with Crippen molar-refractivity contribution in [3.63, 3.8) is 0 Å². The molecule has 5 heteroatoms. The molecule has 1 saturated carbocycles. The number of rotatable bonds is 7. The molecular formula is C24H29N3O2. The van der Waals surface area contributed by atoms with Crippen molar-refractivity contribution in [3.05, 3.63) is 54.6 Å². The van der Waals surface area contributed by atoms with Gasteiger partial charge >= 0.3 is 0 Å². The molecule has 1 atom stereocenters. The summed E-state index contributed by atoms with van der Waals surface area (Å²) in [6.07, 6.45) is 4.34. The van der Waals surface area contributed by atoms with Gasteiger partial charge in [0.05, 0.1) is 12.5 Å². The smallest absolute Gasteiger partial charge is 0.238 e. The summed E-state index contributed by atoms with van der Waals surface area (Å²) in [6.45, 7) is 2.64. The Morgan fingerprint density at radius 3 is 2.52 bits per heavy atom. The molecule has 29 heavy (non-hydrogen) atoms. The van der Waals surface area contributed by atoms with Crippen LogP contribution < -0.4 is 10.6 Å². The van der Waals surface area contributed by atoms with Crippen LogP contribution in [0.2, 0.25) is 0 Å². The number of likely N-dealkylation sites (tertiary alicyclic amines) is 1. The number of nitrogens with one attached hydrogen (secondary N) is 2. The summed E-state index contributed by atoms with van der Waals surface area (Å²) in [6, 6.07) is 17.9. The first kappa shape index (κ1) is 19.6. The molecule has 2 aromatic carbocycles. The minimum atomic E-state index is -0.0348. The Labute approximate surface area is 172 Å². The van der Waals surface area contributed by atoms with Crippen LogP contribution in [0, 0.1) is 11.8 Å². The third kappa shape index (κ3) is 5.45. The summed E-state index contributed by atoms with van der Waals surface area (Å²) in [7, 11) is 0. The van der Waals surface area contributed by atoms with Crippen LogP contribution in [0.4, 0.5) is 5.69 Å². The van der Waals surface area contributed by atoms with Crippen molar-refractivity contribution in [3.8, 4) is 11.1 Å². The van der Waals surface area contributed by atoms with Gasteiger partial charge in [-0.1, -0.05) is 48.5 Å². The van der Waals surface area contributed by atoms with Gasteiger partial charge in [-0.15, -0.1) is 0 Å². The zero-order valence-corrected chi connectivity index (χ0v) is 16.8. The summed E-state index contributed by atoms with van der Waals surface area (Å²) in [4.78, 5) is 27.2. The average Bonchev–Trinajstić information content (AvgIpc) is 3.58. The van der Waals surface area contributed by atoms with Crippen LogP contribution in [-0.4, -0.2) is 42.9 Å². The summed E-state index contributed by atoms with van der Waals surface area (Å²) in [5.74, 6) is 0.796. The fourth-order valence-corrected chi connectivity index (χ4v) is 3.98. The molecule has 5 nitrogen and oxygen atoms in total. The lowest BCUT2D eigenvalue weighted by Crippen LogP contribution is -2.45. The van der Waals surface area contributed by atoms with Crippen LogP contribution in [0.5, 0.6) is 0 Å². The molecule has 0 spiro atoms. The maximum absolute atomic E-state index is 12.7. The van der Waals surface area contributed by atoms with Crippen molar-refractivity contribution < 1.29 is 9.59 Å². The van der Waals surface area contributed by atoms with Gasteiger partial charge in [0.15, 0.2) is 0 Å². The molecule has 152 valence electrons. The fraction of sp³-hybridized carbons (Fsp3) is 0.417. The highest BCUT2D eigenvalue weighted by molar-refractivity contribution is 5.96. The van der Waals surface area contributed by atoms with E-state index in [2.05, 4.69) is 15.5 Å². The number of piperidine rings is 1. The first-order valence-corrected chi connectivity index (χ1v) is 10.6. The first-order valence-electron chi connectivity index (χ1n) is 10.6. The van der Waals surface area contributed by atoms with E-state index in [-0.39, 0.29) is 17.7 Å². The molecule has 4 rings (SSSR count). The average molecular weight is 392 g/mol. The Balaban J connectivity index is 1.33. The minimum absolute atomic E-state index is 0.00750. The lowest BCUT2D eigenvalue weighted by Gasteiger charge is -2.31. The van der Waals surface area contributed by atoms with Gasteiger partial charge in [0, 0.05) is 24.3 Å². The summed E-state index contributed by atoms with van der Waals surface area (Å²) in [5, 5.41) is 6.16. The molecule has 2 amide bonds. The van der Waals surface area contributed by atoms with E-state index in [1.54, 1.807) is 0 Å². The number of carbonyl (C=O) groups excluding carboxylic acids is 2. The Morgan fingerprint density at radius 2 is 1.72 bits per heavy atom. The lowest BCUT2D eigenvalue weighted by molar-refractivity contribution is -0.128. The normalized spacial score (nSPS) is 19.5. The fourth-order valence-electron chi connectivity index (χ4n) is 3.98. The van der Waals surface area contributed by atoms with E-state index < -0.39 is 0 Å². The maximum Gasteiger partial charge on any atom is 0.238 e. The van der Waals surface area contributed by atoms with E-state index >= 15 is 0 Å². The highest BCUT2D eigenvalue weighted by atomic mass is 16.2. The van der Waals surface area contributed by atoms with Crippen LogP contribution >= 0.6 is 0 Å². The maximum atomic E-state index is 12.7. The van der Waals surface area contributed by atoms with Crippen LogP contribution in [-0.2, 0) is 9.59 Å². The van der Waals surface area contributed by atoms with Gasteiger partial charge in [0.1, 0.15) is 0 Å². The van der Waals surface area contributed by atoms with Crippen LogP contribution in [0.25, 0.3) is 11.1 Å². The number of amides is 2. The second kappa shape index (κ2) is 9.23. The zero-order valence-electron chi connectivity index (χ0n) is 16.8. The van der Waals surface area contributed by atoms with Gasteiger partial charge in [-0.25, -0.2) is 0 Å². The van der Waals surface area contributed by atoms with Crippen LogP contribution in [0.3, 0.4) is 0 Å². The van der Waals surface area contributed by atoms with E-state index in [0.29, 0.717) is 19.0 Å². The Bertz CT molecular complexity index is 848. The Hall–Kier alpha value is -2.66. The van der Waals surface area contributed by atoms with Crippen molar-refractivity contribution in [2.75, 3.05) is 31.5 Å². The van der Waals surface area contributed by atoms with Crippen molar-refractivity contribution in [1.29, 1.82) is 0 Å². The van der Waals surface area contributed by atoms with E-state index in [4.69, 9.17) is 0 Å². The Kier molecular flexibility index (Phi) is 6.25. The SMILES string of the molecule is O=C(CN1CCCC(C(=O)NCC2CC2)C1)Nc1ccccc1-c1ccccc1. The van der Waals surface area contributed by atoms with Crippen molar-refractivity contribution >= 4 is 17.5 Å². The number of anilines is 1. The zero-order chi connectivity index (χ0) is 20.1. The van der Waals surface area contributed by atoms with Crippen molar-refractivity contribution in [1.82, 2.24) is 10.2 Å². The molecule has 0 bridgehead atoms. The molecule has 0 radical (unpaired) electrons. The van der Waals surface area contributed by atoms with E-state index in [1.165, 1.54) is 12.8 Å². The largest absolute Gasteiger partial charge is 0.356 e. The first-order chi connectivity index (χ1) is 14.2. The number of benzene rings is 2. The molecule has 1 heterocycles. The number of hydrogen-bond acceptors (Lipinski definition) is 3. The van der Waals surface area contributed by atoms with Gasteiger partial charge in [-0.2, -0.15) is 0 Å². The molecule has 2 fully saturated rings. The molecule has 0 aromatic heterocycles. The van der Waals surface area contributed by atoms with Gasteiger partial charge in [0.25, 0.3) is 0 Å².